The molecule has 1 aliphatic carbocycles. The predicted molar refractivity (Wildman–Crippen MR) is 82.2 cm³/mol. The van der Waals surface area contributed by atoms with Gasteiger partial charge >= 0.3 is 5.97 Å². The van der Waals surface area contributed by atoms with Crippen molar-refractivity contribution < 1.29 is 23.5 Å². The monoisotopic (exact) mass is 314 g/mol. The van der Waals surface area contributed by atoms with Crippen LogP contribution < -0.4 is 4.74 Å². The number of ether oxygens (including phenoxy) is 2. The highest BCUT2D eigenvalue weighted by Gasteiger charge is 2.27. The number of hydrogen-bond donors (Lipinski definition) is 0. The number of hydrogen-bond acceptors (Lipinski definition) is 5. The van der Waals surface area contributed by atoms with Crippen LogP contribution in [-0.2, 0) is 16.1 Å². The van der Waals surface area contributed by atoms with Crippen LogP contribution in [0.15, 0.2) is 46.9 Å². The summed E-state index contributed by atoms with van der Waals surface area (Å²) in [6.07, 6.45) is 2.21. The Hall–Kier alpha value is -2.56. The van der Waals surface area contributed by atoms with Crippen molar-refractivity contribution in [2.45, 2.75) is 38.4 Å². The molecule has 120 valence electrons. The zero-order chi connectivity index (χ0) is 16.1. The molecule has 1 aromatic heterocycles. The van der Waals surface area contributed by atoms with Gasteiger partial charge in [0, 0.05) is 6.42 Å². The van der Waals surface area contributed by atoms with Gasteiger partial charge in [-0.2, -0.15) is 0 Å². The second-order valence-corrected chi connectivity index (χ2v) is 5.47. The summed E-state index contributed by atoms with van der Waals surface area (Å²) >= 11 is 0. The number of furan rings is 1. The molecule has 5 heteroatoms. The smallest absolute Gasteiger partial charge is 0.374 e. The average molecular weight is 314 g/mol. The first kappa shape index (κ1) is 15.3. The standard InChI is InChI=1S/C18H18O5/c19-15-8-4-5-9-16(15)23-18(20)17-11-10-14(22-17)12-21-13-6-2-1-3-7-13/h1-3,6-7,10-11,16H,4-5,8-9,12H2. The molecule has 1 saturated carbocycles. The van der Waals surface area contributed by atoms with E-state index < -0.39 is 12.1 Å². The lowest BCUT2D eigenvalue weighted by molar-refractivity contribution is -0.130. The number of benzene rings is 1. The van der Waals surface area contributed by atoms with Crippen molar-refractivity contribution in [3.8, 4) is 5.75 Å². The van der Waals surface area contributed by atoms with Gasteiger partial charge in [-0.3, -0.25) is 4.79 Å². The number of Topliss-reactive ketones (excluding diaryl/α,β-unsaturated/α-hetero) is 1. The van der Waals surface area contributed by atoms with Gasteiger partial charge in [-0.25, -0.2) is 4.79 Å². The SMILES string of the molecule is O=C(OC1CCCCC1=O)c1ccc(COc2ccccc2)o1. The Labute approximate surface area is 134 Å². The number of carbonyl (C=O) groups is 2. The highest BCUT2D eigenvalue weighted by Crippen LogP contribution is 2.20. The summed E-state index contributed by atoms with van der Waals surface area (Å²) in [5.74, 6) is 0.728. The molecule has 0 radical (unpaired) electrons. The van der Waals surface area contributed by atoms with Crippen molar-refractivity contribution >= 4 is 11.8 Å². The molecular formula is C18H18O5. The van der Waals surface area contributed by atoms with Crippen LogP contribution in [0.2, 0.25) is 0 Å². The number of para-hydroxylation sites is 1. The van der Waals surface area contributed by atoms with Gasteiger partial charge in [-0.05, 0) is 43.5 Å². The van der Waals surface area contributed by atoms with Crippen LogP contribution in [0.4, 0.5) is 0 Å². The number of esters is 1. The molecule has 1 fully saturated rings. The van der Waals surface area contributed by atoms with Crippen LogP contribution in [0.25, 0.3) is 0 Å². The molecule has 2 aromatic rings. The maximum absolute atomic E-state index is 12.0. The molecule has 3 rings (SSSR count). The molecule has 0 spiro atoms. The van der Waals surface area contributed by atoms with Crippen LogP contribution in [0.5, 0.6) is 5.75 Å². The fraction of sp³-hybridized carbons (Fsp3) is 0.333. The zero-order valence-corrected chi connectivity index (χ0v) is 12.7. The van der Waals surface area contributed by atoms with Gasteiger partial charge in [0.05, 0.1) is 0 Å². The van der Waals surface area contributed by atoms with E-state index in [2.05, 4.69) is 0 Å². The van der Waals surface area contributed by atoms with Gasteiger partial charge in [0.25, 0.3) is 0 Å². The maximum Gasteiger partial charge on any atom is 0.374 e. The molecular weight excluding hydrogens is 296 g/mol. The summed E-state index contributed by atoms with van der Waals surface area (Å²) in [5, 5.41) is 0. The predicted octanol–water partition coefficient (Wildman–Crippen LogP) is 3.53. The summed E-state index contributed by atoms with van der Waals surface area (Å²) < 4.78 is 16.2. The lowest BCUT2D eigenvalue weighted by Gasteiger charge is -2.19. The van der Waals surface area contributed by atoms with Gasteiger partial charge in [0.15, 0.2) is 11.9 Å². The summed E-state index contributed by atoms with van der Waals surface area (Å²) in [5.41, 5.74) is 0. The molecule has 1 aromatic carbocycles. The first-order valence-electron chi connectivity index (χ1n) is 7.72. The Balaban J connectivity index is 1.55. The van der Waals surface area contributed by atoms with Gasteiger partial charge in [-0.1, -0.05) is 18.2 Å². The van der Waals surface area contributed by atoms with Crippen LogP contribution in [0, 0.1) is 0 Å². The van der Waals surface area contributed by atoms with Crippen molar-refractivity contribution in [2.75, 3.05) is 0 Å². The third-order valence-corrected chi connectivity index (χ3v) is 3.74. The van der Waals surface area contributed by atoms with E-state index in [0.717, 1.165) is 18.6 Å². The van der Waals surface area contributed by atoms with Gasteiger partial charge in [0.2, 0.25) is 5.76 Å². The molecule has 1 atom stereocenters. The van der Waals surface area contributed by atoms with E-state index in [9.17, 15) is 9.59 Å². The molecule has 5 nitrogen and oxygen atoms in total. The Morgan fingerprint density at radius 1 is 1.13 bits per heavy atom. The third-order valence-electron chi connectivity index (χ3n) is 3.74. The minimum Gasteiger partial charge on any atom is -0.486 e. The van der Waals surface area contributed by atoms with Crippen LogP contribution in [0.3, 0.4) is 0 Å². The van der Waals surface area contributed by atoms with Gasteiger partial charge in [-0.15, -0.1) is 0 Å². The Morgan fingerprint density at radius 2 is 1.96 bits per heavy atom. The molecule has 0 aliphatic heterocycles. The minimum absolute atomic E-state index is 0.0104. The van der Waals surface area contributed by atoms with E-state index in [-0.39, 0.29) is 18.2 Å². The number of rotatable bonds is 5. The molecule has 0 saturated heterocycles. The fourth-order valence-electron chi connectivity index (χ4n) is 2.50. The van der Waals surface area contributed by atoms with Crippen molar-refractivity contribution in [3.05, 3.63) is 54.0 Å². The van der Waals surface area contributed by atoms with Crippen LogP contribution >= 0.6 is 0 Å². The fourth-order valence-corrected chi connectivity index (χ4v) is 2.50. The first-order valence-corrected chi connectivity index (χ1v) is 7.72. The minimum atomic E-state index is -0.634. The summed E-state index contributed by atoms with van der Waals surface area (Å²) in [7, 11) is 0. The molecule has 23 heavy (non-hydrogen) atoms. The molecule has 0 amide bonds. The summed E-state index contributed by atoms with van der Waals surface area (Å²) in [4.78, 5) is 23.7. The van der Waals surface area contributed by atoms with Gasteiger partial charge < -0.3 is 13.9 Å². The lowest BCUT2D eigenvalue weighted by Crippen LogP contribution is -2.30. The Bertz CT molecular complexity index is 674. The van der Waals surface area contributed by atoms with E-state index in [1.165, 1.54) is 0 Å². The number of ketones is 1. The van der Waals surface area contributed by atoms with Gasteiger partial charge in [0.1, 0.15) is 18.1 Å². The van der Waals surface area contributed by atoms with Crippen molar-refractivity contribution in [2.24, 2.45) is 0 Å². The molecule has 1 aliphatic rings. The highest BCUT2D eigenvalue weighted by atomic mass is 16.6. The zero-order valence-electron chi connectivity index (χ0n) is 12.7. The third kappa shape index (κ3) is 4.00. The topological polar surface area (TPSA) is 65.7 Å². The normalized spacial score (nSPS) is 17.7. The van der Waals surface area contributed by atoms with E-state index >= 15 is 0 Å². The quantitative estimate of drug-likeness (QED) is 0.790. The molecule has 0 bridgehead atoms. The Kier molecular flexibility index (Phi) is 4.76. The second kappa shape index (κ2) is 7.13. The largest absolute Gasteiger partial charge is 0.486 e. The highest BCUT2D eigenvalue weighted by molar-refractivity contribution is 5.91. The van der Waals surface area contributed by atoms with Crippen LogP contribution in [0.1, 0.15) is 42.0 Å². The van der Waals surface area contributed by atoms with E-state index in [0.29, 0.717) is 18.6 Å². The van der Waals surface area contributed by atoms with E-state index in [4.69, 9.17) is 13.9 Å². The van der Waals surface area contributed by atoms with E-state index in [1.807, 2.05) is 30.3 Å². The molecule has 1 unspecified atom stereocenters. The van der Waals surface area contributed by atoms with E-state index in [1.54, 1.807) is 12.1 Å². The number of carbonyl (C=O) groups excluding carboxylic acids is 2. The lowest BCUT2D eigenvalue weighted by atomic mass is 9.96. The summed E-state index contributed by atoms with van der Waals surface area (Å²) in [6.45, 7) is 0.222. The average Bonchev–Trinajstić information content (AvgIpc) is 3.05. The summed E-state index contributed by atoms with van der Waals surface area (Å²) in [6, 6.07) is 12.5. The van der Waals surface area contributed by atoms with Crippen molar-refractivity contribution in [3.63, 3.8) is 0 Å². The van der Waals surface area contributed by atoms with Crippen molar-refractivity contribution in [1.29, 1.82) is 0 Å². The molecule has 0 N–H and O–H groups in total. The molecule has 1 heterocycles. The second-order valence-electron chi connectivity index (χ2n) is 5.47. The maximum atomic E-state index is 12.0. The van der Waals surface area contributed by atoms with Crippen LogP contribution in [-0.4, -0.2) is 17.9 Å². The van der Waals surface area contributed by atoms with Crippen molar-refractivity contribution in [1.82, 2.24) is 0 Å². The Morgan fingerprint density at radius 3 is 2.74 bits per heavy atom. The first-order chi connectivity index (χ1) is 11.2.